The fourth-order valence-corrected chi connectivity index (χ4v) is 3.64. The average molecular weight is 351 g/mol. The van der Waals surface area contributed by atoms with Crippen molar-refractivity contribution in [3.63, 3.8) is 0 Å². The van der Waals surface area contributed by atoms with Crippen molar-refractivity contribution in [3.8, 4) is 11.5 Å². The molecule has 0 aliphatic rings. The average Bonchev–Trinajstić information content (AvgIpc) is 2.58. The first kappa shape index (κ1) is 17.8. The number of rotatable bonds is 7. The summed E-state index contributed by atoms with van der Waals surface area (Å²) in [7, 11) is -1.05. The summed E-state index contributed by atoms with van der Waals surface area (Å²) in [4.78, 5) is 0.00580. The van der Waals surface area contributed by atoms with Crippen LogP contribution in [0.25, 0.3) is 0 Å². The molecule has 0 aliphatic carbocycles. The summed E-state index contributed by atoms with van der Waals surface area (Å²) >= 11 is 0. The maximum absolute atomic E-state index is 13.5. The van der Waals surface area contributed by atoms with Gasteiger partial charge in [-0.25, -0.2) is 12.8 Å². The Morgan fingerprint density at radius 1 is 1.12 bits per heavy atom. The van der Waals surface area contributed by atoms with Gasteiger partial charge in [-0.2, -0.15) is 0 Å². The van der Waals surface area contributed by atoms with Crippen LogP contribution in [-0.4, -0.2) is 29.2 Å². The predicted molar refractivity (Wildman–Crippen MR) is 90.7 cm³/mol. The molecule has 128 valence electrons. The summed E-state index contributed by atoms with van der Waals surface area (Å²) in [5, 5.41) is 0. The molecule has 0 aliphatic heterocycles. The zero-order valence-corrected chi connectivity index (χ0v) is 14.2. The molecule has 0 amide bonds. The van der Waals surface area contributed by atoms with E-state index in [-0.39, 0.29) is 22.9 Å². The van der Waals surface area contributed by atoms with Gasteiger partial charge in [0.15, 0.2) is 11.5 Å². The van der Waals surface area contributed by atoms with Gasteiger partial charge >= 0.3 is 0 Å². The Balaban J connectivity index is 2.54. The highest BCUT2D eigenvalue weighted by atomic mass is 32.2. The zero-order valence-electron chi connectivity index (χ0n) is 13.4. The van der Waals surface area contributed by atoms with Gasteiger partial charge in [0.1, 0.15) is 5.82 Å². The molecule has 0 radical (unpaired) electrons. The third-order valence-corrected chi connectivity index (χ3v) is 5.12. The van der Waals surface area contributed by atoms with Gasteiger partial charge in [0, 0.05) is 6.07 Å². The topological polar surface area (TPSA) is 55.8 Å². The molecule has 0 aromatic heterocycles. The minimum absolute atomic E-state index is 0.000130. The Kier molecular flexibility index (Phi) is 5.46. The number of hydrogen-bond donors (Lipinski definition) is 0. The van der Waals surface area contributed by atoms with E-state index in [9.17, 15) is 12.8 Å². The lowest BCUT2D eigenvalue weighted by Gasteiger charge is -2.23. The fraction of sp³-hybridized carbons (Fsp3) is 0.176. The Bertz CT molecular complexity index is 836. The van der Waals surface area contributed by atoms with Gasteiger partial charge < -0.3 is 9.47 Å². The molecule has 0 N–H and O–H groups in total. The maximum atomic E-state index is 13.5. The summed E-state index contributed by atoms with van der Waals surface area (Å²) < 4.78 is 50.7. The molecule has 0 fully saturated rings. The first-order valence-electron chi connectivity index (χ1n) is 7.05. The van der Waals surface area contributed by atoms with E-state index >= 15 is 0 Å². The van der Waals surface area contributed by atoms with Crippen molar-refractivity contribution in [1.82, 2.24) is 0 Å². The summed E-state index contributed by atoms with van der Waals surface area (Å²) in [6.07, 6.45) is 1.43. The zero-order chi connectivity index (χ0) is 17.7. The Hall–Kier alpha value is -2.54. The Morgan fingerprint density at radius 3 is 2.42 bits per heavy atom. The molecular weight excluding hydrogens is 333 g/mol. The molecule has 2 aromatic carbocycles. The Morgan fingerprint density at radius 2 is 1.83 bits per heavy atom. The molecule has 0 bridgehead atoms. The van der Waals surface area contributed by atoms with Crippen LogP contribution in [0.15, 0.2) is 60.0 Å². The molecule has 0 saturated heterocycles. The van der Waals surface area contributed by atoms with Crippen LogP contribution in [0.2, 0.25) is 0 Å². The first-order chi connectivity index (χ1) is 11.4. The van der Waals surface area contributed by atoms with E-state index in [0.717, 1.165) is 10.4 Å². The van der Waals surface area contributed by atoms with Crippen LogP contribution in [0.3, 0.4) is 0 Å². The van der Waals surface area contributed by atoms with Gasteiger partial charge in [-0.05, 0) is 30.3 Å². The van der Waals surface area contributed by atoms with E-state index in [1.807, 2.05) is 0 Å². The highest BCUT2D eigenvalue weighted by Gasteiger charge is 2.25. The van der Waals surface area contributed by atoms with Crippen molar-refractivity contribution < 1.29 is 22.3 Å². The van der Waals surface area contributed by atoms with Crippen molar-refractivity contribution in [2.75, 3.05) is 25.1 Å². The van der Waals surface area contributed by atoms with E-state index in [1.54, 1.807) is 0 Å². The highest BCUT2D eigenvalue weighted by molar-refractivity contribution is 7.92. The lowest BCUT2D eigenvalue weighted by molar-refractivity contribution is 0.354. The molecule has 0 atom stereocenters. The second kappa shape index (κ2) is 7.35. The van der Waals surface area contributed by atoms with Crippen LogP contribution in [0.1, 0.15) is 0 Å². The molecule has 24 heavy (non-hydrogen) atoms. The van der Waals surface area contributed by atoms with Crippen LogP contribution in [-0.2, 0) is 10.0 Å². The van der Waals surface area contributed by atoms with E-state index in [0.29, 0.717) is 5.75 Å². The van der Waals surface area contributed by atoms with Crippen LogP contribution < -0.4 is 13.8 Å². The molecular formula is C17H18FNO4S. The molecule has 0 saturated carbocycles. The number of methoxy groups -OCH3 is 2. The molecule has 0 unspecified atom stereocenters. The number of hydrogen-bond acceptors (Lipinski definition) is 4. The predicted octanol–water partition coefficient (Wildman–Crippen LogP) is 3.22. The molecule has 7 heteroatoms. The first-order valence-corrected chi connectivity index (χ1v) is 8.49. The summed E-state index contributed by atoms with van der Waals surface area (Å²) in [6, 6.07) is 9.65. The van der Waals surface area contributed by atoms with Crippen molar-refractivity contribution >= 4 is 15.7 Å². The lowest BCUT2D eigenvalue weighted by Crippen LogP contribution is -2.31. The van der Waals surface area contributed by atoms with Crippen molar-refractivity contribution in [2.45, 2.75) is 4.90 Å². The van der Waals surface area contributed by atoms with Crippen LogP contribution >= 0.6 is 0 Å². The summed E-state index contributed by atoms with van der Waals surface area (Å²) in [5.41, 5.74) is 0.213. The van der Waals surface area contributed by atoms with E-state index in [4.69, 9.17) is 9.47 Å². The van der Waals surface area contributed by atoms with Crippen LogP contribution in [0.4, 0.5) is 10.1 Å². The standard InChI is InChI=1S/C17H18FNO4S/c1-4-10-19(14-7-5-6-13(18)11-14)24(20,21)15-8-9-16(22-2)17(12-15)23-3/h4-9,11-12H,1,10H2,2-3H3. The largest absolute Gasteiger partial charge is 0.493 e. The van der Waals surface area contributed by atoms with Gasteiger partial charge in [0.25, 0.3) is 10.0 Å². The fourth-order valence-electron chi connectivity index (χ4n) is 2.20. The van der Waals surface area contributed by atoms with Gasteiger partial charge in [-0.15, -0.1) is 6.58 Å². The minimum Gasteiger partial charge on any atom is -0.493 e. The molecule has 0 spiro atoms. The van der Waals surface area contributed by atoms with Crippen molar-refractivity contribution in [3.05, 3.63) is 60.9 Å². The second-order valence-corrected chi connectivity index (χ2v) is 6.68. The van der Waals surface area contributed by atoms with Crippen molar-refractivity contribution in [2.24, 2.45) is 0 Å². The third kappa shape index (κ3) is 3.51. The van der Waals surface area contributed by atoms with Gasteiger partial charge in [-0.3, -0.25) is 4.31 Å². The third-order valence-electron chi connectivity index (χ3n) is 3.33. The van der Waals surface area contributed by atoms with Crippen LogP contribution in [0.5, 0.6) is 11.5 Å². The lowest BCUT2D eigenvalue weighted by atomic mass is 10.3. The quantitative estimate of drug-likeness (QED) is 0.719. The smallest absolute Gasteiger partial charge is 0.264 e. The van der Waals surface area contributed by atoms with E-state index in [2.05, 4.69) is 6.58 Å². The maximum Gasteiger partial charge on any atom is 0.264 e. The molecule has 0 heterocycles. The molecule has 2 aromatic rings. The number of nitrogens with zero attached hydrogens (tertiary/aromatic N) is 1. The van der Waals surface area contributed by atoms with Crippen LogP contribution in [0, 0.1) is 5.82 Å². The minimum atomic E-state index is -3.93. The highest BCUT2D eigenvalue weighted by Crippen LogP contribution is 2.32. The normalized spacial score (nSPS) is 11.0. The van der Waals surface area contributed by atoms with E-state index in [1.165, 1.54) is 56.7 Å². The molecule has 2 rings (SSSR count). The second-order valence-electron chi connectivity index (χ2n) is 4.82. The van der Waals surface area contributed by atoms with E-state index < -0.39 is 15.8 Å². The number of ether oxygens (including phenoxy) is 2. The monoisotopic (exact) mass is 351 g/mol. The van der Waals surface area contributed by atoms with Gasteiger partial charge in [0.05, 0.1) is 31.3 Å². The summed E-state index contributed by atoms with van der Waals surface area (Å²) in [5.74, 6) is 0.179. The SMILES string of the molecule is C=CCN(c1cccc(F)c1)S(=O)(=O)c1ccc(OC)c(OC)c1. The number of halogens is 1. The molecule has 5 nitrogen and oxygen atoms in total. The summed E-state index contributed by atoms with van der Waals surface area (Å²) in [6.45, 7) is 3.57. The number of anilines is 1. The number of benzene rings is 2. The van der Waals surface area contributed by atoms with Gasteiger partial charge in [-0.1, -0.05) is 12.1 Å². The number of sulfonamides is 1. The Labute approximate surface area is 141 Å². The van der Waals surface area contributed by atoms with Gasteiger partial charge in [0.2, 0.25) is 0 Å². The van der Waals surface area contributed by atoms with Crippen molar-refractivity contribution in [1.29, 1.82) is 0 Å².